The van der Waals surface area contributed by atoms with Gasteiger partial charge >= 0.3 is 0 Å². The van der Waals surface area contributed by atoms with E-state index in [-0.39, 0.29) is 22.1 Å². The Hall–Kier alpha value is -4.16. The molecular formula is C28H33N3O8S. The molecule has 12 heteroatoms. The molecule has 4 rings (SSSR count). The lowest BCUT2D eigenvalue weighted by Gasteiger charge is -2.29. The number of methoxy groups -OCH3 is 4. The van der Waals surface area contributed by atoms with Crippen LogP contribution in [0.4, 0.5) is 17.1 Å². The van der Waals surface area contributed by atoms with Gasteiger partial charge in [-0.3, -0.25) is 9.10 Å². The minimum Gasteiger partial charge on any atom is -0.497 e. The van der Waals surface area contributed by atoms with Gasteiger partial charge in [0.1, 0.15) is 18.0 Å². The molecule has 1 heterocycles. The summed E-state index contributed by atoms with van der Waals surface area (Å²) >= 11 is 0. The van der Waals surface area contributed by atoms with Gasteiger partial charge in [0, 0.05) is 36.6 Å². The lowest BCUT2D eigenvalue weighted by molar-refractivity contribution is -0.114. The highest BCUT2D eigenvalue weighted by Crippen LogP contribution is 2.37. The highest BCUT2D eigenvalue weighted by atomic mass is 32.2. The van der Waals surface area contributed by atoms with Crippen LogP contribution in [0, 0.1) is 0 Å². The zero-order valence-corrected chi connectivity index (χ0v) is 23.7. The van der Waals surface area contributed by atoms with Gasteiger partial charge < -0.3 is 33.9 Å². The molecular weight excluding hydrogens is 538 g/mol. The lowest BCUT2D eigenvalue weighted by atomic mass is 10.2. The van der Waals surface area contributed by atoms with Gasteiger partial charge in [-0.1, -0.05) is 0 Å². The van der Waals surface area contributed by atoms with Crippen molar-refractivity contribution in [2.75, 3.05) is 75.8 Å². The Kier molecular flexibility index (Phi) is 9.22. The van der Waals surface area contributed by atoms with E-state index >= 15 is 0 Å². The number of hydrogen-bond acceptors (Lipinski definition) is 9. The van der Waals surface area contributed by atoms with Crippen LogP contribution in [0.3, 0.4) is 0 Å². The molecule has 3 aromatic rings. The van der Waals surface area contributed by atoms with Gasteiger partial charge in [0.05, 0.1) is 52.2 Å². The summed E-state index contributed by atoms with van der Waals surface area (Å²) in [5.41, 5.74) is 1.68. The summed E-state index contributed by atoms with van der Waals surface area (Å²) in [4.78, 5) is 15.4. The normalized spacial score (nSPS) is 13.3. The molecule has 0 atom stereocenters. The first-order chi connectivity index (χ1) is 19.3. The fourth-order valence-corrected chi connectivity index (χ4v) is 5.74. The number of nitrogens with one attached hydrogen (secondary N) is 1. The molecule has 1 fully saturated rings. The minimum absolute atomic E-state index is 0.0994. The standard InChI is InChI=1S/C28H33N3O8S/c1-35-22-9-11-25(36-2)24(17-22)31(40(33,34)23-10-12-26(37-3)27(18-23)38-4)19-28(32)29-20-5-7-21(8-6-20)30-13-15-39-16-14-30/h5-12,17-18H,13-16,19H2,1-4H3,(H,29,32). The number of carbonyl (C=O) groups excluding carboxylic acids is 1. The van der Waals surface area contributed by atoms with E-state index < -0.39 is 22.5 Å². The molecule has 0 saturated carbocycles. The molecule has 11 nitrogen and oxygen atoms in total. The molecule has 3 aromatic carbocycles. The third kappa shape index (κ3) is 6.35. The second-order valence-corrected chi connectivity index (χ2v) is 10.6. The maximum absolute atomic E-state index is 14.0. The van der Waals surface area contributed by atoms with Crippen LogP contribution >= 0.6 is 0 Å². The topological polar surface area (TPSA) is 116 Å². The van der Waals surface area contributed by atoms with Crippen molar-refractivity contribution in [2.45, 2.75) is 4.90 Å². The van der Waals surface area contributed by atoms with Crippen molar-refractivity contribution in [1.29, 1.82) is 0 Å². The molecule has 214 valence electrons. The molecule has 1 aliphatic heterocycles. The summed E-state index contributed by atoms with van der Waals surface area (Å²) in [5, 5.41) is 2.80. The van der Waals surface area contributed by atoms with Crippen molar-refractivity contribution in [3.63, 3.8) is 0 Å². The molecule has 0 aromatic heterocycles. The Labute approximate surface area is 234 Å². The van der Waals surface area contributed by atoms with Crippen LogP contribution in [0.25, 0.3) is 0 Å². The van der Waals surface area contributed by atoms with E-state index in [0.29, 0.717) is 30.4 Å². The zero-order valence-electron chi connectivity index (χ0n) is 22.9. The molecule has 40 heavy (non-hydrogen) atoms. The molecule has 1 N–H and O–H groups in total. The van der Waals surface area contributed by atoms with Crippen LogP contribution < -0.4 is 33.5 Å². The van der Waals surface area contributed by atoms with Crippen LogP contribution in [0.1, 0.15) is 0 Å². The molecule has 0 aliphatic carbocycles. The molecule has 0 radical (unpaired) electrons. The number of amides is 1. The summed E-state index contributed by atoms with van der Waals surface area (Å²) in [6.07, 6.45) is 0. The van der Waals surface area contributed by atoms with Crippen LogP contribution in [0.2, 0.25) is 0 Å². The smallest absolute Gasteiger partial charge is 0.265 e. The van der Waals surface area contributed by atoms with Crippen LogP contribution in [0.15, 0.2) is 65.6 Å². The van der Waals surface area contributed by atoms with E-state index in [1.54, 1.807) is 24.3 Å². The Morgan fingerprint density at radius 2 is 1.50 bits per heavy atom. The summed E-state index contributed by atoms with van der Waals surface area (Å²) < 4.78 is 55.8. The first kappa shape index (κ1) is 28.8. The van der Waals surface area contributed by atoms with Gasteiger partial charge in [-0.05, 0) is 48.5 Å². The Balaban J connectivity index is 1.66. The van der Waals surface area contributed by atoms with E-state index in [4.69, 9.17) is 23.7 Å². The van der Waals surface area contributed by atoms with Crippen molar-refractivity contribution >= 4 is 33.0 Å². The highest BCUT2D eigenvalue weighted by Gasteiger charge is 2.31. The minimum atomic E-state index is -4.29. The monoisotopic (exact) mass is 571 g/mol. The van der Waals surface area contributed by atoms with Gasteiger partial charge in [0.2, 0.25) is 5.91 Å². The molecule has 1 saturated heterocycles. The molecule has 1 aliphatic rings. The van der Waals surface area contributed by atoms with Crippen LogP contribution in [-0.2, 0) is 19.6 Å². The molecule has 0 unspecified atom stereocenters. The van der Waals surface area contributed by atoms with Crippen molar-refractivity contribution < 1.29 is 36.9 Å². The molecule has 1 amide bonds. The quantitative estimate of drug-likeness (QED) is 0.370. The summed E-state index contributed by atoms with van der Waals surface area (Å²) in [5.74, 6) is 0.680. The van der Waals surface area contributed by atoms with Gasteiger partial charge in [0.15, 0.2) is 11.5 Å². The number of rotatable bonds is 11. The van der Waals surface area contributed by atoms with E-state index in [2.05, 4.69) is 10.2 Å². The Bertz CT molecular complexity index is 1420. The zero-order chi connectivity index (χ0) is 28.7. The number of anilines is 3. The van der Waals surface area contributed by atoms with E-state index in [0.717, 1.165) is 23.1 Å². The third-order valence-corrected chi connectivity index (χ3v) is 8.17. The number of carbonyl (C=O) groups is 1. The number of sulfonamides is 1. The SMILES string of the molecule is COc1ccc(OC)c(N(CC(=O)Nc2ccc(N3CCOCC3)cc2)S(=O)(=O)c2ccc(OC)c(OC)c2)c1. The number of benzene rings is 3. The predicted molar refractivity (Wildman–Crippen MR) is 152 cm³/mol. The Morgan fingerprint density at radius 1 is 0.850 bits per heavy atom. The second-order valence-electron chi connectivity index (χ2n) is 8.76. The van der Waals surface area contributed by atoms with Crippen molar-refractivity contribution in [2.24, 2.45) is 0 Å². The van der Waals surface area contributed by atoms with Crippen LogP contribution in [0.5, 0.6) is 23.0 Å². The fourth-order valence-electron chi connectivity index (χ4n) is 4.30. The number of nitrogens with zero attached hydrogens (tertiary/aromatic N) is 2. The first-order valence-corrected chi connectivity index (χ1v) is 13.9. The predicted octanol–water partition coefficient (Wildman–Crippen LogP) is 3.39. The largest absolute Gasteiger partial charge is 0.497 e. The van der Waals surface area contributed by atoms with Gasteiger partial charge in [-0.15, -0.1) is 0 Å². The van der Waals surface area contributed by atoms with Crippen LogP contribution in [-0.4, -0.2) is 75.6 Å². The Morgan fingerprint density at radius 3 is 2.12 bits per heavy atom. The summed E-state index contributed by atoms with van der Waals surface area (Å²) in [6.45, 7) is 2.37. The van der Waals surface area contributed by atoms with E-state index in [1.807, 2.05) is 12.1 Å². The summed E-state index contributed by atoms with van der Waals surface area (Å²) in [6, 6.07) is 16.3. The van der Waals surface area contributed by atoms with E-state index in [9.17, 15) is 13.2 Å². The molecule has 0 bridgehead atoms. The molecule has 0 spiro atoms. The lowest BCUT2D eigenvalue weighted by Crippen LogP contribution is -2.38. The number of ether oxygens (including phenoxy) is 5. The first-order valence-electron chi connectivity index (χ1n) is 12.5. The maximum Gasteiger partial charge on any atom is 0.265 e. The highest BCUT2D eigenvalue weighted by molar-refractivity contribution is 7.92. The van der Waals surface area contributed by atoms with Crippen molar-refractivity contribution in [3.8, 4) is 23.0 Å². The number of hydrogen-bond donors (Lipinski definition) is 1. The average molecular weight is 572 g/mol. The number of morpholine rings is 1. The van der Waals surface area contributed by atoms with Crippen molar-refractivity contribution in [1.82, 2.24) is 0 Å². The second kappa shape index (κ2) is 12.8. The van der Waals surface area contributed by atoms with Gasteiger partial charge in [-0.25, -0.2) is 8.42 Å². The third-order valence-electron chi connectivity index (χ3n) is 6.41. The maximum atomic E-state index is 14.0. The van der Waals surface area contributed by atoms with Crippen molar-refractivity contribution in [3.05, 3.63) is 60.7 Å². The summed E-state index contributed by atoms with van der Waals surface area (Å²) in [7, 11) is 1.46. The fraction of sp³-hybridized carbons (Fsp3) is 0.321. The van der Waals surface area contributed by atoms with E-state index in [1.165, 1.54) is 52.7 Å². The van der Waals surface area contributed by atoms with Gasteiger partial charge in [-0.2, -0.15) is 0 Å². The average Bonchev–Trinajstić information content (AvgIpc) is 2.99. The van der Waals surface area contributed by atoms with Gasteiger partial charge in [0.25, 0.3) is 10.0 Å².